The fourth-order valence-electron chi connectivity index (χ4n) is 3.23. The van der Waals surface area contributed by atoms with Crippen molar-refractivity contribution in [2.45, 2.75) is 33.1 Å². The zero-order valence-electron chi connectivity index (χ0n) is 17.1. The molecule has 2 aromatic heterocycles. The summed E-state index contributed by atoms with van der Waals surface area (Å²) in [6, 6.07) is 15.7. The SMILES string of the molecule is Cc1ccc2[nH]c(Nc3cccnc3Oc3ccccc3C(C)(C)C)nc2c1N. The molecule has 6 nitrogen and oxygen atoms in total. The fourth-order valence-corrected chi connectivity index (χ4v) is 3.23. The number of aromatic nitrogens is 3. The topological polar surface area (TPSA) is 88.8 Å². The lowest BCUT2D eigenvalue weighted by molar-refractivity contribution is 0.442. The number of aromatic amines is 1. The molecule has 0 fully saturated rings. The molecule has 0 aliphatic carbocycles. The van der Waals surface area contributed by atoms with E-state index in [0.29, 0.717) is 23.2 Å². The second-order valence-electron chi connectivity index (χ2n) is 8.11. The predicted molar refractivity (Wildman–Crippen MR) is 118 cm³/mol. The molecule has 0 unspecified atom stereocenters. The Morgan fingerprint density at radius 2 is 1.83 bits per heavy atom. The number of hydrogen-bond donors (Lipinski definition) is 3. The number of fused-ring (bicyclic) bond motifs is 1. The van der Waals surface area contributed by atoms with Crippen LogP contribution in [0, 0.1) is 6.92 Å². The largest absolute Gasteiger partial charge is 0.437 e. The molecule has 2 heterocycles. The number of para-hydroxylation sites is 1. The number of ether oxygens (including phenoxy) is 1. The quantitative estimate of drug-likeness (QED) is 0.392. The highest BCUT2D eigenvalue weighted by Crippen LogP contribution is 2.36. The standard InChI is InChI=1S/C23H25N5O/c1-14-11-12-16-20(19(14)24)28-22(26-16)27-17-9-7-13-25-21(17)29-18-10-6-5-8-15(18)23(2,3)4/h5-13H,24H2,1-4H3,(H2,26,27,28). The monoisotopic (exact) mass is 387 g/mol. The van der Waals surface area contributed by atoms with E-state index >= 15 is 0 Å². The van der Waals surface area contributed by atoms with E-state index in [1.54, 1.807) is 6.20 Å². The molecule has 0 spiro atoms. The highest BCUT2D eigenvalue weighted by atomic mass is 16.5. The molecule has 0 saturated carbocycles. The molecule has 29 heavy (non-hydrogen) atoms. The van der Waals surface area contributed by atoms with Crippen molar-refractivity contribution in [2.24, 2.45) is 0 Å². The molecular formula is C23H25N5O. The first-order chi connectivity index (χ1) is 13.8. The number of nitrogens with two attached hydrogens (primary N) is 1. The first-order valence-electron chi connectivity index (χ1n) is 9.57. The average molecular weight is 387 g/mol. The van der Waals surface area contributed by atoms with Crippen LogP contribution < -0.4 is 15.8 Å². The van der Waals surface area contributed by atoms with Crippen LogP contribution in [0.4, 0.5) is 17.3 Å². The first-order valence-corrected chi connectivity index (χ1v) is 9.57. The Bertz CT molecular complexity index is 1170. The lowest BCUT2D eigenvalue weighted by atomic mass is 9.86. The molecule has 4 aromatic rings. The number of benzene rings is 2. The second-order valence-corrected chi connectivity index (χ2v) is 8.11. The van der Waals surface area contributed by atoms with Crippen LogP contribution in [-0.2, 0) is 5.41 Å². The van der Waals surface area contributed by atoms with Gasteiger partial charge in [0, 0.05) is 11.8 Å². The van der Waals surface area contributed by atoms with Crippen LogP contribution >= 0.6 is 0 Å². The van der Waals surface area contributed by atoms with Crippen LogP contribution in [0.5, 0.6) is 11.6 Å². The zero-order valence-corrected chi connectivity index (χ0v) is 17.1. The van der Waals surface area contributed by atoms with E-state index in [2.05, 4.69) is 47.1 Å². The van der Waals surface area contributed by atoms with Crippen molar-refractivity contribution >= 4 is 28.4 Å². The van der Waals surface area contributed by atoms with E-state index in [1.165, 1.54) is 0 Å². The summed E-state index contributed by atoms with van der Waals surface area (Å²) in [7, 11) is 0. The van der Waals surface area contributed by atoms with Crippen LogP contribution in [0.1, 0.15) is 31.9 Å². The zero-order chi connectivity index (χ0) is 20.6. The molecule has 0 saturated heterocycles. The lowest BCUT2D eigenvalue weighted by Gasteiger charge is -2.22. The molecule has 0 radical (unpaired) electrons. The molecule has 0 aliphatic rings. The third kappa shape index (κ3) is 3.74. The number of nitrogens with one attached hydrogen (secondary N) is 2. The van der Waals surface area contributed by atoms with Gasteiger partial charge in [0.2, 0.25) is 11.8 Å². The number of nitrogens with zero attached hydrogens (tertiary/aromatic N) is 2. The maximum atomic E-state index is 6.22. The van der Waals surface area contributed by atoms with Gasteiger partial charge in [0.1, 0.15) is 17.0 Å². The van der Waals surface area contributed by atoms with Crippen LogP contribution in [0.3, 0.4) is 0 Å². The van der Waals surface area contributed by atoms with Gasteiger partial charge in [-0.1, -0.05) is 45.0 Å². The third-order valence-electron chi connectivity index (χ3n) is 4.84. The van der Waals surface area contributed by atoms with E-state index in [0.717, 1.165) is 27.9 Å². The summed E-state index contributed by atoms with van der Waals surface area (Å²) in [4.78, 5) is 12.3. The maximum absolute atomic E-state index is 6.22. The van der Waals surface area contributed by atoms with Crippen molar-refractivity contribution in [3.05, 3.63) is 65.9 Å². The summed E-state index contributed by atoms with van der Waals surface area (Å²) in [6.07, 6.45) is 1.71. The number of pyridine rings is 1. The van der Waals surface area contributed by atoms with Crippen LogP contribution in [0.15, 0.2) is 54.7 Å². The molecule has 0 atom stereocenters. The van der Waals surface area contributed by atoms with Crippen molar-refractivity contribution in [3.63, 3.8) is 0 Å². The number of anilines is 3. The van der Waals surface area contributed by atoms with Gasteiger partial charge >= 0.3 is 0 Å². The fraction of sp³-hybridized carbons (Fsp3) is 0.217. The third-order valence-corrected chi connectivity index (χ3v) is 4.84. The number of aryl methyl sites for hydroxylation is 1. The molecule has 0 aliphatic heterocycles. The van der Waals surface area contributed by atoms with Gasteiger partial charge in [-0.25, -0.2) is 9.97 Å². The minimum absolute atomic E-state index is 0.0485. The number of rotatable bonds is 4. The van der Waals surface area contributed by atoms with Crippen molar-refractivity contribution in [2.75, 3.05) is 11.1 Å². The Balaban J connectivity index is 1.68. The highest BCUT2D eigenvalue weighted by Gasteiger charge is 2.20. The second kappa shape index (κ2) is 7.13. The van der Waals surface area contributed by atoms with Gasteiger partial charge < -0.3 is 20.8 Å². The summed E-state index contributed by atoms with van der Waals surface area (Å²) in [5, 5.41) is 3.28. The molecular weight excluding hydrogens is 362 g/mol. The smallest absolute Gasteiger partial charge is 0.243 e. The van der Waals surface area contributed by atoms with Gasteiger partial charge in [0.25, 0.3) is 0 Å². The maximum Gasteiger partial charge on any atom is 0.243 e. The summed E-state index contributed by atoms with van der Waals surface area (Å²) < 4.78 is 6.22. The van der Waals surface area contributed by atoms with Crippen molar-refractivity contribution in [1.29, 1.82) is 0 Å². The average Bonchev–Trinajstić information content (AvgIpc) is 3.09. The van der Waals surface area contributed by atoms with Crippen LogP contribution in [0.25, 0.3) is 11.0 Å². The molecule has 2 aromatic carbocycles. The predicted octanol–water partition coefficient (Wildman–Crippen LogP) is 5.68. The summed E-state index contributed by atoms with van der Waals surface area (Å²) in [5.74, 6) is 1.85. The van der Waals surface area contributed by atoms with Gasteiger partial charge in [-0.2, -0.15) is 0 Å². The van der Waals surface area contributed by atoms with E-state index < -0.39 is 0 Å². The first kappa shape index (κ1) is 18.8. The van der Waals surface area contributed by atoms with Gasteiger partial charge in [-0.05, 0) is 42.2 Å². The molecule has 0 amide bonds. The van der Waals surface area contributed by atoms with E-state index in [9.17, 15) is 0 Å². The van der Waals surface area contributed by atoms with E-state index in [1.807, 2.05) is 49.4 Å². The van der Waals surface area contributed by atoms with Crippen LogP contribution in [-0.4, -0.2) is 15.0 Å². The van der Waals surface area contributed by atoms with Crippen molar-refractivity contribution in [1.82, 2.24) is 15.0 Å². The Hall–Kier alpha value is -3.54. The normalized spacial score (nSPS) is 11.6. The number of hydrogen-bond acceptors (Lipinski definition) is 5. The lowest BCUT2D eigenvalue weighted by Crippen LogP contribution is -2.12. The number of nitrogen functional groups attached to an aromatic ring is 1. The molecule has 6 heteroatoms. The van der Waals surface area contributed by atoms with E-state index in [4.69, 9.17) is 10.5 Å². The van der Waals surface area contributed by atoms with Crippen molar-refractivity contribution < 1.29 is 4.74 Å². The molecule has 0 bridgehead atoms. The summed E-state index contributed by atoms with van der Waals surface area (Å²) in [6.45, 7) is 8.45. The summed E-state index contributed by atoms with van der Waals surface area (Å²) in [5.41, 5.74) is 11.2. The van der Waals surface area contributed by atoms with E-state index in [-0.39, 0.29) is 5.41 Å². The Morgan fingerprint density at radius 3 is 2.62 bits per heavy atom. The Kier molecular flexibility index (Phi) is 4.62. The molecule has 4 rings (SSSR count). The van der Waals surface area contributed by atoms with Gasteiger partial charge in [-0.15, -0.1) is 0 Å². The molecule has 4 N–H and O–H groups in total. The van der Waals surface area contributed by atoms with Crippen LogP contribution in [0.2, 0.25) is 0 Å². The van der Waals surface area contributed by atoms with Gasteiger partial charge in [0.15, 0.2) is 0 Å². The Labute approximate surface area is 170 Å². The minimum Gasteiger partial charge on any atom is -0.437 e. The Morgan fingerprint density at radius 1 is 1.03 bits per heavy atom. The minimum atomic E-state index is -0.0485. The van der Waals surface area contributed by atoms with Gasteiger partial charge in [0.05, 0.1) is 11.2 Å². The number of imidazole rings is 1. The molecule has 148 valence electrons. The van der Waals surface area contributed by atoms with Gasteiger partial charge in [-0.3, -0.25) is 0 Å². The van der Waals surface area contributed by atoms with Crippen molar-refractivity contribution in [3.8, 4) is 11.6 Å². The summed E-state index contributed by atoms with van der Waals surface area (Å²) >= 11 is 0. The highest BCUT2D eigenvalue weighted by molar-refractivity contribution is 5.90. The number of H-pyrrole nitrogens is 1.